The first kappa shape index (κ1) is 19.2. The number of rotatable bonds is 7. The molecule has 2 aromatic rings. The Morgan fingerprint density at radius 2 is 2.04 bits per heavy atom. The van der Waals surface area contributed by atoms with E-state index in [9.17, 15) is 14.0 Å². The van der Waals surface area contributed by atoms with Gasteiger partial charge in [-0.15, -0.1) is 11.8 Å². The van der Waals surface area contributed by atoms with Crippen LogP contribution >= 0.6 is 11.8 Å². The summed E-state index contributed by atoms with van der Waals surface area (Å²) in [6.45, 7) is 0.681. The summed E-state index contributed by atoms with van der Waals surface area (Å²) >= 11 is 1.45. The highest BCUT2D eigenvalue weighted by Gasteiger charge is 2.24. The number of hydrogen-bond acceptors (Lipinski definition) is 4. The van der Waals surface area contributed by atoms with Gasteiger partial charge in [0.1, 0.15) is 11.6 Å². The lowest BCUT2D eigenvalue weighted by molar-refractivity contribution is -0.117. The number of anilines is 2. The summed E-state index contributed by atoms with van der Waals surface area (Å²) in [5.41, 5.74) is 2.31. The van der Waals surface area contributed by atoms with Crippen molar-refractivity contribution in [3.8, 4) is 5.75 Å². The molecular weight excluding hydrogens is 367 g/mol. The van der Waals surface area contributed by atoms with Crippen LogP contribution in [0.5, 0.6) is 5.75 Å². The highest BCUT2D eigenvalue weighted by Crippen LogP contribution is 2.33. The number of ether oxygens (including phenoxy) is 1. The third-order valence-electron chi connectivity index (χ3n) is 4.24. The minimum Gasteiger partial charge on any atom is -0.494 e. The number of methoxy groups -OCH3 is 1. The van der Waals surface area contributed by atoms with Crippen LogP contribution in [0.4, 0.5) is 15.8 Å². The molecule has 1 aliphatic heterocycles. The molecule has 0 aromatic heterocycles. The Kier molecular flexibility index (Phi) is 6.34. The van der Waals surface area contributed by atoms with Gasteiger partial charge in [-0.25, -0.2) is 4.39 Å². The van der Waals surface area contributed by atoms with Gasteiger partial charge in [-0.1, -0.05) is 12.1 Å². The van der Waals surface area contributed by atoms with Crippen LogP contribution in [0.15, 0.2) is 42.5 Å². The molecule has 1 aliphatic rings. The van der Waals surface area contributed by atoms with E-state index in [1.54, 1.807) is 42.3 Å². The maximum absolute atomic E-state index is 12.9. The summed E-state index contributed by atoms with van der Waals surface area (Å²) in [5, 5.41) is 2.84. The second-order valence-electron chi connectivity index (χ2n) is 6.20. The maximum atomic E-state index is 12.9. The predicted molar refractivity (Wildman–Crippen MR) is 106 cm³/mol. The van der Waals surface area contributed by atoms with Gasteiger partial charge in [0.2, 0.25) is 11.8 Å². The topological polar surface area (TPSA) is 58.6 Å². The van der Waals surface area contributed by atoms with Crippen LogP contribution in [-0.2, 0) is 15.3 Å². The first-order valence-electron chi connectivity index (χ1n) is 8.67. The molecule has 2 amide bonds. The maximum Gasteiger partial charge on any atom is 0.234 e. The molecule has 1 heterocycles. The molecule has 27 heavy (non-hydrogen) atoms. The van der Waals surface area contributed by atoms with Gasteiger partial charge in [-0.05, 0) is 36.2 Å². The van der Waals surface area contributed by atoms with E-state index in [1.807, 2.05) is 0 Å². The van der Waals surface area contributed by atoms with Crippen molar-refractivity contribution >= 4 is 35.0 Å². The number of amides is 2. The van der Waals surface area contributed by atoms with Crippen LogP contribution in [0.3, 0.4) is 0 Å². The first-order chi connectivity index (χ1) is 13.1. The molecule has 0 atom stereocenters. The summed E-state index contributed by atoms with van der Waals surface area (Å²) in [7, 11) is 1.55. The van der Waals surface area contributed by atoms with Crippen molar-refractivity contribution in [2.75, 3.05) is 29.6 Å². The Balaban J connectivity index is 1.55. The van der Waals surface area contributed by atoms with Crippen molar-refractivity contribution < 1.29 is 18.7 Å². The van der Waals surface area contributed by atoms with E-state index in [4.69, 9.17) is 4.74 Å². The quantitative estimate of drug-likeness (QED) is 0.783. The van der Waals surface area contributed by atoms with Crippen molar-refractivity contribution in [2.45, 2.75) is 18.6 Å². The van der Waals surface area contributed by atoms with Gasteiger partial charge in [-0.3, -0.25) is 9.59 Å². The molecule has 0 unspecified atom stereocenters. The SMILES string of the molecule is COc1cc(NC(=O)CSCc2ccc(F)cc2)ccc1N1CCCC1=O. The number of nitrogens with zero attached hydrogens (tertiary/aromatic N) is 1. The van der Waals surface area contributed by atoms with Crippen LogP contribution in [0, 0.1) is 5.82 Å². The largest absolute Gasteiger partial charge is 0.494 e. The highest BCUT2D eigenvalue weighted by atomic mass is 32.2. The third kappa shape index (κ3) is 5.01. The van der Waals surface area contributed by atoms with Gasteiger partial charge < -0.3 is 15.0 Å². The zero-order valence-electron chi connectivity index (χ0n) is 15.0. The van der Waals surface area contributed by atoms with Crippen molar-refractivity contribution in [1.29, 1.82) is 0 Å². The highest BCUT2D eigenvalue weighted by molar-refractivity contribution is 7.99. The standard InChI is InChI=1S/C20H21FN2O3S/c1-26-18-11-16(8-9-17(18)23-10-2-3-20(23)25)22-19(24)13-27-12-14-4-6-15(21)7-5-14/h4-9,11H,2-3,10,12-13H2,1H3,(H,22,24). The van der Waals surface area contributed by atoms with Crippen LogP contribution in [-0.4, -0.2) is 31.2 Å². The average molecular weight is 388 g/mol. The zero-order valence-corrected chi connectivity index (χ0v) is 15.9. The normalized spacial score (nSPS) is 13.7. The van der Waals surface area contributed by atoms with E-state index in [2.05, 4.69) is 5.32 Å². The van der Waals surface area contributed by atoms with Gasteiger partial charge in [0.05, 0.1) is 18.6 Å². The van der Waals surface area contributed by atoms with Crippen LogP contribution in [0.1, 0.15) is 18.4 Å². The number of halogens is 1. The van der Waals surface area contributed by atoms with E-state index in [-0.39, 0.29) is 23.4 Å². The van der Waals surface area contributed by atoms with Crippen molar-refractivity contribution in [3.63, 3.8) is 0 Å². The van der Waals surface area contributed by atoms with Gasteiger partial charge in [-0.2, -0.15) is 0 Å². The van der Waals surface area contributed by atoms with Crippen molar-refractivity contribution in [1.82, 2.24) is 0 Å². The second-order valence-corrected chi connectivity index (χ2v) is 7.19. The molecule has 5 nitrogen and oxygen atoms in total. The summed E-state index contributed by atoms with van der Waals surface area (Å²) < 4.78 is 18.3. The monoisotopic (exact) mass is 388 g/mol. The Hall–Kier alpha value is -2.54. The van der Waals surface area contributed by atoms with Gasteiger partial charge >= 0.3 is 0 Å². The number of carbonyl (C=O) groups is 2. The summed E-state index contributed by atoms with van der Waals surface area (Å²) in [6, 6.07) is 11.5. The van der Waals surface area contributed by atoms with Crippen molar-refractivity contribution in [3.05, 3.63) is 53.8 Å². The number of hydrogen-bond donors (Lipinski definition) is 1. The van der Waals surface area contributed by atoms with Crippen LogP contribution < -0.4 is 15.0 Å². The molecular formula is C20H21FN2O3S. The van der Waals surface area contributed by atoms with E-state index >= 15 is 0 Å². The summed E-state index contributed by atoms with van der Waals surface area (Å²) in [6.07, 6.45) is 1.39. The minimum atomic E-state index is -0.269. The predicted octanol–water partition coefficient (Wildman–Crippen LogP) is 3.83. The fourth-order valence-electron chi connectivity index (χ4n) is 2.92. The Morgan fingerprint density at radius 3 is 2.70 bits per heavy atom. The van der Waals surface area contributed by atoms with Gasteiger partial charge in [0.25, 0.3) is 0 Å². The number of carbonyl (C=O) groups excluding carboxylic acids is 2. The molecule has 0 spiro atoms. The Morgan fingerprint density at radius 1 is 1.26 bits per heavy atom. The summed E-state index contributed by atoms with van der Waals surface area (Å²) in [5.74, 6) is 1.16. The lowest BCUT2D eigenvalue weighted by Gasteiger charge is -2.19. The smallest absolute Gasteiger partial charge is 0.234 e. The fraction of sp³-hybridized carbons (Fsp3) is 0.300. The Labute approximate surface area is 161 Å². The number of nitrogens with one attached hydrogen (secondary N) is 1. The zero-order chi connectivity index (χ0) is 19.2. The molecule has 1 N–H and O–H groups in total. The van der Waals surface area contributed by atoms with Gasteiger partial charge in [0.15, 0.2) is 0 Å². The first-order valence-corrected chi connectivity index (χ1v) is 9.83. The second kappa shape index (κ2) is 8.90. The van der Waals surface area contributed by atoms with E-state index < -0.39 is 0 Å². The minimum absolute atomic E-state index is 0.0854. The number of benzene rings is 2. The molecule has 1 saturated heterocycles. The molecule has 0 radical (unpaired) electrons. The molecule has 7 heteroatoms. The van der Waals surface area contributed by atoms with Gasteiger partial charge in [0, 0.05) is 30.5 Å². The molecule has 0 aliphatic carbocycles. The third-order valence-corrected chi connectivity index (χ3v) is 5.25. The molecule has 0 saturated carbocycles. The Bertz CT molecular complexity index is 826. The lowest BCUT2D eigenvalue weighted by atomic mass is 10.2. The molecule has 1 fully saturated rings. The molecule has 3 rings (SSSR count). The summed E-state index contributed by atoms with van der Waals surface area (Å²) in [4.78, 5) is 25.8. The average Bonchev–Trinajstić information content (AvgIpc) is 3.09. The molecule has 0 bridgehead atoms. The van der Waals surface area contributed by atoms with Crippen LogP contribution in [0.25, 0.3) is 0 Å². The molecule has 142 valence electrons. The number of thioether (sulfide) groups is 1. The fourth-order valence-corrected chi connectivity index (χ4v) is 3.71. The van der Waals surface area contributed by atoms with Crippen LogP contribution in [0.2, 0.25) is 0 Å². The lowest BCUT2D eigenvalue weighted by Crippen LogP contribution is -2.24. The van der Waals surface area contributed by atoms with E-state index in [0.29, 0.717) is 30.2 Å². The molecule has 2 aromatic carbocycles. The van der Waals surface area contributed by atoms with Crippen molar-refractivity contribution in [2.24, 2.45) is 0 Å². The van der Waals surface area contributed by atoms with E-state index in [1.165, 1.54) is 23.9 Å². The van der Waals surface area contributed by atoms with E-state index in [0.717, 1.165) is 17.7 Å².